The van der Waals surface area contributed by atoms with Gasteiger partial charge in [0.15, 0.2) is 0 Å². The molecule has 2 bridgehead atoms. The third-order valence-corrected chi connectivity index (χ3v) is 6.44. The maximum atomic E-state index is 12.7. The summed E-state index contributed by atoms with van der Waals surface area (Å²) in [7, 11) is 1.36. The number of ether oxygens (including phenoxy) is 1. The molecule has 0 saturated heterocycles. The Kier molecular flexibility index (Phi) is 3.01. The fraction of sp³-hybridized carbons (Fsp3) is 0.471. The molecule has 2 N–H and O–H groups in total. The van der Waals surface area contributed by atoms with Gasteiger partial charge in [0.05, 0.1) is 18.7 Å². The number of hydrogen-bond donors (Lipinski definition) is 1. The highest BCUT2D eigenvalue weighted by Crippen LogP contribution is 2.75. The van der Waals surface area contributed by atoms with Crippen LogP contribution in [0.2, 0.25) is 0 Å². The predicted octanol–water partition coefficient (Wildman–Crippen LogP) is 1.95. The number of esters is 1. The zero-order valence-electron chi connectivity index (χ0n) is 12.7. The van der Waals surface area contributed by atoms with E-state index in [1.54, 1.807) is 12.3 Å². The van der Waals surface area contributed by atoms with Crippen LogP contribution in [-0.4, -0.2) is 24.0 Å². The van der Waals surface area contributed by atoms with Crippen LogP contribution in [0.1, 0.15) is 18.5 Å². The molecule has 4 atom stereocenters. The van der Waals surface area contributed by atoms with Crippen LogP contribution in [0.4, 0.5) is 0 Å². The molecule has 6 heteroatoms. The van der Waals surface area contributed by atoms with Crippen molar-refractivity contribution in [1.29, 1.82) is 0 Å². The van der Waals surface area contributed by atoms with Crippen LogP contribution in [0, 0.1) is 23.2 Å². The molecule has 23 heavy (non-hydrogen) atoms. The van der Waals surface area contributed by atoms with Crippen molar-refractivity contribution in [1.82, 2.24) is 4.98 Å². The molecular formula is C17H17BrN2O3. The number of nitrogens with two attached hydrogens (primary N) is 1. The summed E-state index contributed by atoms with van der Waals surface area (Å²) in [5.74, 6) is -1.56. The van der Waals surface area contributed by atoms with Crippen molar-refractivity contribution in [2.75, 3.05) is 7.11 Å². The van der Waals surface area contributed by atoms with Gasteiger partial charge in [-0.3, -0.25) is 14.6 Å². The molecule has 120 valence electrons. The van der Waals surface area contributed by atoms with E-state index < -0.39 is 17.2 Å². The third kappa shape index (κ3) is 1.65. The highest BCUT2D eigenvalue weighted by molar-refractivity contribution is 9.10. The number of carbonyl (C=O) groups is 2. The number of amides is 1. The number of pyridine rings is 1. The Morgan fingerprint density at radius 1 is 1.35 bits per heavy atom. The maximum Gasteiger partial charge on any atom is 0.310 e. The molecule has 2 fully saturated rings. The lowest BCUT2D eigenvalue weighted by Gasteiger charge is -2.37. The van der Waals surface area contributed by atoms with E-state index in [0.717, 1.165) is 17.3 Å². The van der Waals surface area contributed by atoms with E-state index in [2.05, 4.69) is 33.1 Å². The Morgan fingerprint density at radius 2 is 2.09 bits per heavy atom. The first kappa shape index (κ1) is 14.9. The summed E-state index contributed by atoms with van der Waals surface area (Å²) in [6, 6.07) is 3.62. The molecule has 4 rings (SSSR count). The van der Waals surface area contributed by atoms with Crippen LogP contribution in [0.5, 0.6) is 0 Å². The quantitative estimate of drug-likeness (QED) is 0.645. The minimum Gasteiger partial charge on any atom is -0.469 e. The largest absolute Gasteiger partial charge is 0.469 e. The lowest BCUT2D eigenvalue weighted by molar-refractivity contribution is -0.152. The molecule has 3 aliphatic rings. The van der Waals surface area contributed by atoms with Gasteiger partial charge >= 0.3 is 5.97 Å². The molecule has 0 aliphatic heterocycles. The first-order valence-electron chi connectivity index (χ1n) is 7.66. The summed E-state index contributed by atoms with van der Waals surface area (Å²) < 4.78 is 5.86. The lowest BCUT2D eigenvalue weighted by atomic mass is 9.65. The summed E-state index contributed by atoms with van der Waals surface area (Å²) in [6.45, 7) is 0. The minimum atomic E-state index is -1.12. The van der Waals surface area contributed by atoms with E-state index in [4.69, 9.17) is 10.5 Å². The monoisotopic (exact) mass is 376 g/mol. The Bertz CT molecular complexity index is 726. The third-order valence-electron chi connectivity index (χ3n) is 5.98. The SMILES string of the molecule is COC(=O)[C@@H]1[C@H]2C=C[C@@H](C23CC3)[C@]1(C(N)=O)c1ccc(Br)cn1. The summed E-state index contributed by atoms with van der Waals surface area (Å²) in [5.41, 5.74) is 5.30. The molecule has 1 heterocycles. The van der Waals surface area contributed by atoms with Crippen LogP contribution in [0.25, 0.3) is 0 Å². The van der Waals surface area contributed by atoms with Gasteiger partial charge in [-0.2, -0.15) is 0 Å². The summed E-state index contributed by atoms with van der Waals surface area (Å²) in [4.78, 5) is 29.7. The average Bonchev–Trinajstić information content (AvgIpc) is 3.21. The van der Waals surface area contributed by atoms with Crippen LogP contribution in [0.3, 0.4) is 0 Å². The van der Waals surface area contributed by atoms with E-state index in [1.165, 1.54) is 7.11 Å². The van der Waals surface area contributed by atoms with Crippen molar-refractivity contribution in [3.05, 3.63) is 40.6 Å². The second-order valence-electron chi connectivity index (χ2n) is 6.72. The first-order valence-corrected chi connectivity index (χ1v) is 8.46. The molecule has 3 aliphatic carbocycles. The van der Waals surface area contributed by atoms with Gasteiger partial charge in [0.1, 0.15) is 5.41 Å². The fourth-order valence-corrected chi connectivity index (χ4v) is 5.20. The molecule has 1 aromatic rings. The van der Waals surface area contributed by atoms with Crippen molar-refractivity contribution in [2.45, 2.75) is 18.3 Å². The Morgan fingerprint density at radius 3 is 2.61 bits per heavy atom. The van der Waals surface area contributed by atoms with E-state index >= 15 is 0 Å². The van der Waals surface area contributed by atoms with Crippen LogP contribution in [-0.2, 0) is 19.7 Å². The van der Waals surface area contributed by atoms with Crippen molar-refractivity contribution in [3.8, 4) is 0 Å². The Hall–Kier alpha value is -1.69. The molecule has 2 saturated carbocycles. The normalized spacial score (nSPS) is 35.5. The molecule has 1 aromatic heterocycles. The summed E-state index contributed by atoms with van der Waals surface area (Å²) >= 11 is 3.36. The number of halogens is 1. The number of primary amides is 1. The highest BCUT2D eigenvalue weighted by atomic mass is 79.9. The van der Waals surface area contributed by atoms with Gasteiger partial charge in [-0.15, -0.1) is 0 Å². The van der Waals surface area contributed by atoms with Gasteiger partial charge in [-0.05, 0) is 52.2 Å². The van der Waals surface area contributed by atoms with Gasteiger partial charge in [0, 0.05) is 16.6 Å². The number of aromatic nitrogens is 1. The number of rotatable bonds is 3. The number of methoxy groups -OCH3 is 1. The van der Waals surface area contributed by atoms with Crippen LogP contribution < -0.4 is 5.73 Å². The zero-order valence-corrected chi connectivity index (χ0v) is 14.2. The second-order valence-corrected chi connectivity index (χ2v) is 7.63. The second kappa shape index (κ2) is 4.66. The zero-order chi connectivity index (χ0) is 16.4. The van der Waals surface area contributed by atoms with E-state index in [9.17, 15) is 9.59 Å². The molecule has 0 aromatic carbocycles. The van der Waals surface area contributed by atoms with Gasteiger partial charge in [-0.1, -0.05) is 12.2 Å². The topological polar surface area (TPSA) is 82.3 Å². The van der Waals surface area contributed by atoms with E-state index in [1.807, 2.05) is 6.07 Å². The minimum absolute atomic E-state index is 0.00195. The van der Waals surface area contributed by atoms with E-state index in [-0.39, 0.29) is 23.2 Å². The van der Waals surface area contributed by atoms with Gasteiger partial charge in [-0.25, -0.2) is 0 Å². The molecule has 0 radical (unpaired) electrons. The van der Waals surface area contributed by atoms with Gasteiger partial charge < -0.3 is 10.5 Å². The molecule has 0 unspecified atom stereocenters. The lowest BCUT2D eigenvalue weighted by Crippen LogP contribution is -2.53. The summed E-state index contributed by atoms with van der Waals surface area (Å²) in [6.07, 6.45) is 7.79. The van der Waals surface area contributed by atoms with Crippen molar-refractivity contribution in [2.24, 2.45) is 28.9 Å². The van der Waals surface area contributed by atoms with Crippen molar-refractivity contribution < 1.29 is 14.3 Å². The molecule has 5 nitrogen and oxygen atoms in total. The maximum absolute atomic E-state index is 12.7. The Balaban J connectivity index is 1.96. The van der Waals surface area contributed by atoms with Gasteiger partial charge in [0.2, 0.25) is 5.91 Å². The van der Waals surface area contributed by atoms with Crippen LogP contribution in [0.15, 0.2) is 35.0 Å². The standard InChI is InChI=1S/C17H17BrN2O3/c1-23-14(21)13-10-3-4-11(16(10)6-7-16)17(13,15(19)22)12-5-2-9(18)8-20-12/h2-5,8,10-11,13H,6-7H2,1H3,(H2,19,22)/t10-,11+,13+,17+/m1/s1. The van der Waals surface area contributed by atoms with Crippen molar-refractivity contribution >= 4 is 27.8 Å². The molecule has 1 amide bonds. The molecule has 1 spiro atoms. The number of carbonyl (C=O) groups excluding carboxylic acids is 2. The van der Waals surface area contributed by atoms with Gasteiger partial charge in [0.25, 0.3) is 0 Å². The smallest absolute Gasteiger partial charge is 0.310 e. The highest BCUT2D eigenvalue weighted by Gasteiger charge is 2.77. The number of hydrogen-bond acceptors (Lipinski definition) is 4. The number of nitrogens with zero attached hydrogens (tertiary/aromatic N) is 1. The van der Waals surface area contributed by atoms with E-state index in [0.29, 0.717) is 5.69 Å². The fourth-order valence-electron chi connectivity index (χ4n) is 4.97. The Labute approximate surface area is 142 Å². The predicted molar refractivity (Wildman–Crippen MR) is 86.1 cm³/mol. The summed E-state index contributed by atoms with van der Waals surface area (Å²) in [5, 5.41) is 0. The van der Waals surface area contributed by atoms with Crippen LogP contribution >= 0.6 is 15.9 Å². The molecular weight excluding hydrogens is 360 g/mol. The van der Waals surface area contributed by atoms with Crippen molar-refractivity contribution in [3.63, 3.8) is 0 Å². The average molecular weight is 377 g/mol. The first-order chi connectivity index (χ1) is 11.0. The number of allylic oxidation sites excluding steroid dienone is 2.